The first-order chi connectivity index (χ1) is 8.50. The van der Waals surface area contributed by atoms with Crippen molar-refractivity contribution in [2.75, 3.05) is 25.5 Å². The molecule has 1 saturated heterocycles. The highest BCUT2D eigenvalue weighted by molar-refractivity contribution is 5.71. The summed E-state index contributed by atoms with van der Waals surface area (Å²) in [6, 6.07) is 4.69. The first-order valence-electron chi connectivity index (χ1n) is 5.92. The third-order valence-corrected chi connectivity index (χ3v) is 3.34. The smallest absolute Gasteiger partial charge is 0.307 e. The van der Waals surface area contributed by atoms with Gasteiger partial charge in [-0.1, -0.05) is 6.07 Å². The normalized spacial score (nSPS) is 23.1. The first kappa shape index (κ1) is 12.8. The van der Waals surface area contributed by atoms with Crippen LogP contribution in [0.15, 0.2) is 18.2 Å². The number of carboxylic acid groups (broad SMARTS) is 1. The molecule has 2 N–H and O–H groups in total. The number of anilines is 1. The summed E-state index contributed by atoms with van der Waals surface area (Å²) in [5.41, 5.74) is 1.35. The topological polar surface area (TPSA) is 52.6 Å². The Morgan fingerprint density at radius 3 is 2.78 bits per heavy atom. The van der Waals surface area contributed by atoms with Gasteiger partial charge in [-0.15, -0.1) is 0 Å². The molecule has 1 aromatic carbocycles. The molecule has 98 valence electrons. The Morgan fingerprint density at radius 1 is 1.50 bits per heavy atom. The number of carboxylic acids is 1. The van der Waals surface area contributed by atoms with E-state index in [9.17, 15) is 9.18 Å². The monoisotopic (exact) mass is 252 g/mol. The molecular weight excluding hydrogens is 235 g/mol. The summed E-state index contributed by atoms with van der Waals surface area (Å²) in [6.45, 7) is 0.390. The molecule has 0 bridgehead atoms. The molecule has 1 fully saturated rings. The second kappa shape index (κ2) is 4.94. The number of hydrogen-bond acceptors (Lipinski definition) is 3. The van der Waals surface area contributed by atoms with Crippen molar-refractivity contribution in [3.63, 3.8) is 0 Å². The van der Waals surface area contributed by atoms with Crippen molar-refractivity contribution in [3.8, 4) is 0 Å². The van der Waals surface area contributed by atoms with E-state index in [1.54, 1.807) is 6.07 Å². The van der Waals surface area contributed by atoms with E-state index in [0.717, 1.165) is 5.69 Å². The van der Waals surface area contributed by atoms with Crippen LogP contribution in [0.2, 0.25) is 0 Å². The molecule has 2 unspecified atom stereocenters. The molecule has 2 atom stereocenters. The van der Waals surface area contributed by atoms with E-state index < -0.39 is 11.9 Å². The van der Waals surface area contributed by atoms with Gasteiger partial charge >= 0.3 is 5.97 Å². The zero-order valence-corrected chi connectivity index (χ0v) is 10.5. The molecule has 18 heavy (non-hydrogen) atoms. The van der Waals surface area contributed by atoms with Crippen LogP contribution in [0.1, 0.15) is 18.0 Å². The van der Waals surface area contributed by atoms with Gasteiger partial charge in [-0.25, -0.2) is 4.39 Å². The van der Waals surface area contributed by atoms with E-state index in [4.69, 9.17) is 5.11 Å². The molecule has 4 nitrogen and oxygen atoms in total. The zero-order chi connectivity index (χ0) is 13.3. The molecule has 0 aromatic heterocycles. The Kier molecular flexibility index (Phi) is 3.52. The molecule has 1 aliphatic rings. The van der Waals surface area contributed by atoms with E-state index in [1.165, 1.54) is 6.07 Å². The SMILES string of the molecule is CN(C)c1cccc(F)c1C1CC(C(=O)O)CN1. The van der Waals surface area contributed by atoms with Gasteiger partial charge in [0, 0.05) is 37.9 Å². The molecule has 0 saturated carbocycles. The van der Waals surface area contributed by atoms with Crippen molar-refractivity contribution < 1.29 is 14.3 Å². The van der Waals surface area contributed by atoms with E-state index >= 15 is 0 Å². The summed E-state index contributed by atoms with van der Waals surface area (Å²) >= 11 is 0. The molecule has 0 amide bonds. The van der Waals surface area contributed by atoms with E-state index in [0.29, 0.717) is 18.5 Å². The second-order valence-electron chi connectivity index (χ2n) is 4.80. The van der Waals surface area contributed by atoms with E-state index in [2.05, 4.69) is 5.32 Å². The van der Waals surface area contributed by atoms with Gasteiger partial charge < -0.3 is 15.3 Å². The Hall–Kier alpha value is -1.62. The van der Waals surface area contributed by atoms with Gasteiger partial charge in [0.15, 0.2) is 0 Å². The lowest BCUT2D eigenvalue weighted by Gasteiger charge is -2.22. The lowest BCUT2D eigenvalue weighted by atomic mass is 9.98. The number of halogens is 1. The van der Waals surface area contributed by atoms with Gasteiger partial charge in [0.05, 0.1) is 5.92 Å². The average Bonchev–Trinajstić information content (AvgIpc) is 2.77. The summed E-state index contributed by atoms with van der Waals surface area (Å²) < 4.78 is 14.0. The maximum absolute atomic E-state index is 14.0. The fourth-order valence-corrected chi connectivity index (χ4v) is 2.40. The molecule has 1 aromatic rings. The van der Waals surface area contributed by atoms with Crippen molar-refractivity contribution >= 4 is 11.7 Å². The maximum atomic E-state index is 14.0. The molecule has 0 aliphatic carbocycles. The predicted molar refractivity (Wildman–Crippen MR) is 67.2 cm³/mol. The zero-order valence-electron chi connectivity index (χ0n) is 10.5. The fraction of sp³-hybridized carbons (Fsp3) is 0.462. The summed E-state index contributed by atoms with van der Waals surface area (Å²) in [5.74, 6) is -1.55. The molecule has 5 heteroatoms. The number of benzene rings is 1. The number of hydrogen-bond donors (Lipinski definition) is 2. The molecule has 0 spiro atoms. The summed E-state index contributed by atoms with van der Waals surface area (Å²) in [6.07, 6.45) is 0.428. The third-order valence-electron chi connectivity index (χ3n) is 3.34. The summed E-state index contributed by atoms with van der Waals surface area (Å²) in [7, 11) is 3.70. The largest absolute Gasteiger partial charge is 0.481 e. The van der Waals surface area contributed by atoms with E-state index in [-0.39, 0.29) is 11.9 Å². The first-order valence-corrected chi connectivity index (χ1v) is 5.92. The fourth-order valence-electron chi connectivity index (χ4n) is 2.40. The van der Waals surface area contributed by atoms with Gasteiger partial charge in [0.1, 0.15) is 5.82 Å². The molecule has 2 rings (SSSR count). The highest BCUT2D eigenvalue weighted by Crippen LogP contribution is 2.34. The minimum Gasteiger partial charge on any atom is -0.481 e. The van der Waals surface area contributed by atoms with Gasteiger partial charge in [0.25, 0.3) is 0 Å². The van der Waals surface area contributed by atoms with Crippen LogP contribution in [0.25, 0.3) is 0 Å². The molecular formula is C13H17FN2O2. The van der Waals surface area contributed by atoms with Crippen molar-refractivity contribution in [3.05, 3.63) is 29.6 Å². The van der Waals surface area contributed by atoms with Crippen molar-refractivity contribution in [2.45, 2.75) is 12.5 Å². The van der Waals surface area contributed by atoms with Crippen molar-refractivity contribution in [2.24, 2.45) is 5.92 Å². The molecule has 1 heterocycles. The number of nitrogens with zero attached hydrogens (tertiary/aromatic N) is 1. The van der Waals surface area contributed by atoms with Crippen LogP contribution in [0.3, 0.4) is 0 Å². The van der Waals surface area contributed by atoms with Crippen molar-refractivity contribution in [1.82, 2.24) is 5.32 Å². The maximum Gasteiger partial charge on any atom is 0.307 e. The number of carbonyl (C=O) groups is 1. The van der Waals surface area contributed by atoms with Crippen LogP contribution < -0.4 is 10.2 Å². The van der Waals surface area contributed by atoms with Gasteiger partial charge in [0.2, 0.25) is 0 Å². The lowest BCUT2D eigenvalue weighted by molar-refractivity contribution is -0.141. The highest BCUT2D eigenvalue weighted by atomic mass is 19.1. The van der Waals surface area contributed by atoms with Crippen LogP contribution in [-0.4, -0.2) is 31.7 Å². The van der Waals surface area contributed by atoms with Gasteiger partial charge in [-0.05, 0) is 18.6 Å². The highest BCUT2D eigenvalue weighted by Gasteiger charge is 2.33. The third kappa shape index (κ3) is 2.31. The average molecular weight is 252 g/mol. The number of aliphatic carboxylic acids is 1. The second-order valence-corrected chi connectivity index (χ2v) is 4.80. The Labute approximate surface area is 105 Å². The Balaban J connectivity index is 2.31. The van der Waals surface area contributed by atoms with Crippen LogP contribution in [0, 0.1) is 11.7 Å². The molecule has 1 aliphatic heterocycles. The quantitative estimate of drug-likeness (QED) is 0.858. The van der Waals surface area contributed by atoms with Crippen LogP contribution in [-0.2, 0) is 4.79 Å². The standard InChI is InChI=1S/C13H17FN2O2/c1-16(2)11-5-3-4-9(14)12(11)10-6-8(7-15-10)13(17)18/h3-5,8,10,15H,6-7H2,1-2H3,(H,17,18). The minimum atomic E-state index is -0.826. The van der Waals surface area contributed by atoms with Crippen LogP contribution >= 0.6 is 0 Å². The Morgan fingerprint density at radius 2 is 2.22 bits per heavy atom. The van der Waals surface area contributed by atoms with Gasteiger partial charge in [-0.2, -0.15) is 0 Å². The van der Waals surface area contributed by atoms with Gasteiger partial charge in [-0.3, -0.25) is 4.79 Å². The molecule has 0 radical (unpaired) electrons. The number of rotatable bonds is 3. The Bertz CT molecular complexity index is 462. The minimum absolute atomic E-state index is 0.232. The van der Waals surface area contributed by atoms with Crippen LogP contribution in [0.4, 0.5) is 10.1 Å². The van der Waals surface area contributed by atoms with E-state index in [1.807, 2.05) is 25.1 Å². The predicted octanol–water partition coefficient (Wildman–Crippen LogP) is 1.63. The lowest BCUT2D eigenvalue weighted by Crippen LogP contribution is -2.20. The number of nitrogens with one attached hydrogen (secondary N) is 1. The van der Waals surface area contributed by atoms with Crippen LogP contribution in [0.5, 0.6) is 0 Å². The summed E-state index contributed by atoms with van der Waals surface area (Å²) in [5, 5.41) is 12.1. The summed E-state index contributed by atoms with van der Waals surface area (Å²) in [4.78, 5) is 12.8. The van der Waals surface area contributed by atoms with Crippen molar-refractivity contribution in [1.29, 1.82) is 0 Å².